The molecule has 0 fully saturated rings. The third kappa shape index (κ3) is 4.68. The third-order valence-corrected chi connectivity index (χ3v) is 3.17. The fraction of sp³-hybridized carbons (Fsp3) is 0.263. The van der Waals surface area contributed by atoms with Gasteiger partial charge in [-0.2, -0.15) is 0 Å². The zero-order chi connectivity index (χ0) is 17.0. The number of hydrogen-bond donors (Lipinski definition) is 2. The lowest BCUT2D eigenvalue weighted by atomic mass is 10.0. The Hall–Kier alpha value is -2.62. The quantitative estimate of drug-likeness (QED) is 0.855. The highest BCUT2D eigenvalue weighted by Crippen LogP contribution is 2.20. The minimum Gasteiger partial charge on any atom is -0.346 e. The number of benzene rings is 2. The molecule has 0 aliphatic rings. The standard InChI is InChI=1S/C19H22N2O2/c1-13(22)20-17(18(23)21-19(2,3)4)12-15-10-7-9-14-8-5-6-11-16(14)15/h5-12H,1-4H3,(H,20,22)(H,21,23)/b17-12-. The summed E-state index contributed by atoms with van der Waals surface area (Å²) in [7, 11) is 0. The number of rotatable bonds is 3. The molecule has 0 bridgehead atoms. The van der Waals surface area contributed by atoms with Gasteiger partial charge in [0.1, 0.15) is 5.70 Å². The molecule has 0 heterocycles. The zero-order valence-corrected chi connectivity index (χ0v) is 13.9. The molecule has 0 unspecified atom stereocenters. The van der Waals surface area contributed by atoms with Gasteiger partial charge in [-0.1, -0.05) is 42.5 Å². The molecule has 0 aromatic heterocycles. The Balaban J connectivity index is 2.47. The molecule has 120 valence electrons. The van der Waals surface area contributed by atoms with Crippen LogP contribution in [0.4, 0.5) is 0 Å². The van der Waals surface area contributed by atoms with Gasteiger partial charge in [0.05, 0.1) is 0 Å². The van der Waals surface area contributed by atoms with Crippen LogP contribution in [0.15, 0.2) is 48.2 Å². The number of fused-ring (bicyclic) bond motifs is 1. The van der Waals surface area contributed by atoms with Crippen molar-refractivity contribution in [1.29, 1.82) is 0 Å². The van der Waals surface area contributed by atoms with E-state index in [0.29, 0.717) is 0 Å². The van der Waals surface area contributed by atoms with Crippen LogP contribution in [0.2, 0.25) is 0 Å². The Labute approximate surface area is 136 Å². The van der Waals surface area contributed by atoms with Crippen molar-refractivity contribution in [3.8, 4) is 0 Å². The smallest absolute Gasteiger partial charge is 0.268 e. The first-order valence-corrected chi connectivity index (χ1v) is 7.56. The number of hydrogen-bond acceptors (Lipinski definition) is 2. The molecule has 2 aromatic carbocycles. The van der Waals surface area contributed by atoms with Gasteiger partial charge in [-0.25, -0.2) is 0 Å². The predicted molar refractivity (Wildman–Crippen MR) is 93.6 cm³/mol. The summed E-state index contributed by atoms with van der Waals surface area (Å²) in [5.41, 5.74) is 0.743. The lowest BCUT2D eigenvalue weighted by Crippen LogP contribution is -2.44. The first-order valence-electron chi connectivity index (χ1n) is 7.56. The van der Waals surface area contributed by atoms with Crippen LogP contribution >= 0.6 is 0 Å². The molecule has 0 aliphatic carbocycles. The number of carbonyl (C=O) groups excluding carboxylic acids is 2. The van der Waals surface area contributed by atoms with Gasteiger partial charge in [0.2, 0.25) is 5.91 Å². The lowest BCUT2D eigenvalue weighted by Gasteiger charge is -2.21. The molecule has 4 nitrogen and oxygen atoms in total. The van der Waals surface area contributed by atoms with E-state index in [1.165, 1.54) is 6.92 Å². The van der Waals surface area contributed by atoms with Gasteiger partial charge >= 0.3 is 0 Å². The molecule has 0 spiro atoms. The van der Waals surface area contributed by atoms with Crippen molar-refractivity contribution in [2.45, 2.75) is 33.2 Å². The highest BCUT2D eigenvalue weighted by atomic mass is 16.2. The van der Waals surface area contributed by atoms with E-state index in [1.54, 1.807) is 6.08 Å². The molecule has 2 N–H and O–H groups in total. The van der Waals surface area contributed by atoms with Crippen LogP contribution in [-0.2, 0) is 9.59 Å². The summed E-state index contributed by atoms with van der Waals surface area (Å²) in [6.07, 6.45) is 1.71. The molecule has 0 saturated carbocycles. The van der Waals surface area contributed by atoms with Crippen LogP contribution in [-0.4, -0.2) is 17.4 Å². The molecule has 0 aliphatic heterocycles. The number of nitrogens with one attached hydrogen (secondary N) is 2. The van der Waals surface area contributed by atoms with Crippen molar-refractivity contribution in [2.24, 2.45) is 0 Å². The van der Waals surface area contributed by atoms with Crippen LogP contribution in [0.3, 0.4) is 0 Å². The largest absolute Gasteiger partial charge is 0.346 e. The average molecular weight is 310 g/mol. The maximum Gasteiger partial charge on any atom is 0.268 e. The van der Waals surface area contributed by atoms with Crippen LogP contribution < -0.4 is 10.6 Å². The fourth-order valence-electron chi connectivity index (χ4n) is 2.29. The van der Waals surface area contributed by atoms with Crippen molar-refractivity contribution in [3.63, 3.8) is 0 Å². The SMILES string of the molecule is CC(=O)N/C(=C\c1cccc2ccccc12)C(=O)NC(C)(C)C. The molecule has 23 heavy (non-hydrogen) atoms. The summed E-state index contributed by atoms with van der Waals surface area (Å²) in [4.78, 5) is 23.9. The van der Waals surface area contributed by atoms with Crippen molar-refractivity contribution in [2.75, 3.05) is 0 Å². The van der Waals surface area contributed by atoms with Crippen LogP contribution in [0.1, 0.15) is 33.3 Å². The zero-order valence-electron chi connectivity index (χ0n) is 13.9. The molecular formula is C19H22N2O2. The van der Waals surface area contributed by atoms with E-state index in [0.717, 1.165) is 16.3 Å². The van der Waals surface area contributed by atoms with Gasteiger partial charge in [0.15, 0.2) is 0 Å². The van der Waals surface area contributed by atoms with E-state index in [1.807, 2.05) is 63.2 Å². The summed E-state index contributed by atoms with van der Waals surface area (Å²) in [6.45, 7) is 7.08. The summed E-state index contributed by atoms with van der Waals surface area (Å²) >= 11 is 0. The maximum absolute atomic E-state index is 12.4. The van der Waals surface area contributed by atoms with E-state index in [2.05, 4.69) is 10.6 Å². The van der Waals surface area contributed by atoms with Crippen LogP contribution in [0.5, 0.6) is 0 Å². The molecular weight excluding hydrogens is 288 g/mol. The predicted octanol–water partition coefficient (Wildman–Crippen LogP) is 3.23. The van der Waals surface area contributed by atoms with Gasteiger partial charge in [0, 0.05) is 12.5 Å². The fourth-order valence-corrected chi connectivity index (χ4v) is 2.29. The van der Waals surface area contributed by atoms with Gasteiger partial charge < -0.3 is 10.6 Å². The average Bonchev–Trinajstić information content (AvgIpc) is 2.44. The third-order valence-electron chi connectivity index (χ3n) is 3.17. The maximum atomic E-state index is 12.4. The molecule has 0 atom stereocenters. The molecule has 2 rings (SSSR count). The van der Waals surface area contributed by atoms with Crippen molar-refractivity contribution in [1.82, 2.24) is 10.6 Å². The van der Waals surface area contributed by atoms with E-state index >= 15 is 0 Å². The van der Waals surface area contributed by atoms with Gasteiger partial charge in [-0.05, 0) is 43.2 Å². The topological polar surface area (TPSA) is 58.2 Å². The first kappa shape index (κ1) is 16.7. The Morgan fingerprint density at radius 3 is 2.30 bits per heavy atom. The van der Waals surface area contributed by atoms with Gasteiger partial charge in [-0.3, -0.25) is 9.59 Å². The molecule has 2 amide bonds. The Kier molecular flexibility index (Phi) is 4.84. The molecule has 0 saturated heterocycles. The highest BCUT2D eigenvalue weighted by Gasteiger charge is 2.18. The number of carbonyl (C=O) groups is 2. The highest BCUT2D eigenvalue weighted by molar-refractivity contribution is 6.03. The normalized spacial score (nSPS) is 12.1. The second-order valence-corrected chi connectivity index (χ2v) is 6.51. The summed E-state index contributed by atoms with van der Waals surface area (Å²) in [6, 6.07) is 13.8. The van der Waals surface area contributed by atoms with Crippen molar-refractivity contribution in [3.05, 3.63) is 53.7 Å². The van der Waals surface area contributed by atoms with E-state index in [4.69, 9.17) is 0 Å². The summed E-state index contributed by atoms with van der Waals surface area (Å²) < 4.78 is 0. The molecule has 2 aromatic rings. The van der Waals surface area contributed by atoms with Gasteiger partial charge in [0.25, 0.3) is 5.91 Å². The minimum absolute atomic E-state index is 0.240. The first-order chi connectivity index (χ1) is 10.8. The lowest BCUT2D eigenvalue weighted by molar-refractivity contribution is -0.123. The second kappa shape index (κ2) is 6.65. The monoisotopic (exact) mass is 310 g/mol. The van der Waals surface area contributed by atoms with E-state index < -0.39 is 0 Å². The van der Waals surface area contributed by atoms with Crippen molar-refractivity contribution < 1.29 is 9.59 Å². The number of amides is 2. The Morgan fingerprint density at radius 2 is 1.65 bits per heavy atom. The van der Waals surface area contributed by atoms with Gasteiger partial charge in [-0.15, -0.1) is 0 Å². The van der Waals surface area contributed by atoms with Crippen LogP contribution in [0, 0.1) is 0 Å². The van der Waals surface area contributed by atoms with Crippen LogP contribution in [0.25, 0.3) is 16.8 Å². The summed E-state index contributed by atoms with van der Waals surface area (Å²) in [5.74, 6) is -0.582. The molecule has 0 radical (unpaired) electrons. The van der Waals surface area contributed by atoms with Crippen molar-refractivity contribution >= 4 is 28.7 Å². The van der Waals surface area contributed by atoms with E-state index in [9.17, 15) is 9.59 Å². The second-order valence-electron chi connectivity index (χ2n) is 6.51. The Morgan fingerprint density at radius 1 is 1.00 bits per heavy atom. The van der Waals surface area contributed by atoms with E-state index in [-0.39, 0.29) is 23.1 Å². The minimum atomic E-state index is -0.382. The summed E-state index contributed by atoms with van der Waals surface area (Å²) in [5, 5.41) is 7.61. The Bertz CT molecular complexity index is 765. The molecule has 4 heteroatoms.